The number of carbonyl (C=O) groups is 1. The molecule has 0 unspecified atom stereocenters. The minimum absolute atomic E-state index is 0.182. The summed E-state index contributed by atoms with van der Waals surface area (Å²) in [5.41, 5.74) is 1.15. The average molecular weight is 464 g/mol. The molecule has 3 aromatic rings. The lowest BCUT2D eigenvalue weighted by Gasteiger charge is -2.17. The van der Waals surface area contributed by atoms with Gasteiger partial charge in [0, 0.05) is 23.8 Å². The van der Waals surface area contributed by atoms with Crippen molar-refractivity contribution >= 4 is 15.7 Å². The van der Waals surface area contributed by atoms with Crippen molar-refractivity contribution in [3.8, 4) is 11.6 Å². The number of ether oxygens (including phenoxy) is 1. The van der Waals surface area contributed by atoms with Crippen LogP contribution in [0, 0.1) is 0 Å². The smallest absolute Gasteiger partial charge is 0.258 e. The molecule has 8 heteroatoms. The third-order valence-corrected chi connectivity index (χ3v) is 5.74. The summed E-state index contributed by atoms with van der Waals surface area (Å²) in [6.07, 6.45) is 6.54. The van der Waals surface area contributed by atoms with Gasteiger partial charge in [0.05, 0.1) is 6.04 Å². The molecule has 0 saturated heterocycles. The van der Waals surface area contributed by atoms with Gasteiger partial charge in [-0.05, 0) is 37.0 Å². The van der Waals surface area contributed by atoms with Crippen LogP contribution in [0.5, 0.6) is 11.6 Å². The number of sulfone groups is 1. The summed E-state index contributed by atoms with van der Waals surface area (Å²) >= 11 is 0. The van der Waals surface area contributed by atoms with Gasteiger partial charge in [0.25, 0.3) is 5.91 Å². The average Bonchev–Trinajstić information content (AvgIpc) is 3.64. The summed E-state index contributed by atoms with van der Waals surface area (Å²) in [6, 6.07) is 18.1. The van der Waals surface area contributed by atoms with E-state index in [9.17, 15) is 13.2 Å². The highest BCUT2D eigenvalue weighted by Gasteiger charge is 2.29. The Morgan fingerprint density at radius 1 is 1.12 bits per heavy atom. The largest absolute Gasteiger partial charge is 0.438 e. The first-order valence-corrected chi connectivity index (χ1v) is 12.7. The lowest BCUT2D eigenvalue weighted by atomic mass is 10.1. The van der Waals surface area contributed by atoms with E-state index in [1.54, 1.807) is 12.1 Å². The fourth-order valence-corrected chi connectivity index (χ4v) is 3.75. The second-order valence-electron chi connectivity index (χ2n) is 8.06. The number of para-hydroxylation sites is 1. The zero-order valence-electron chi connectivity index (χ0n) is 18.2. The van der Waals surface area contributed by atoms with Gasteiger partial charge in [0.1, 0.15) is 17.1 Å². The predicted molar refractivity (Wildman–Crippen MR) is 126 cm³/mol. The van der Waals surface area contributed by atoms with Gasteiger partial charge >= 0.3 is 0 Å². The van der Waals surface area contributed by atoms with Gasteiger partial charge in [-0.15, -0.1) is 0 Å². The van der Waals surface area contributed by atoms with Crippen LogP contribution in [0.15, 0.2) is 78.3 Å². The number of hydrogen-bond acceptors (Lipinski definition) is 6. The van der Waals surface area contributed by atoms with Crippen molar-refractivity contribution in [1.82, 2.24) is 15.3 Å². The van der Waals surface area contributed by atoms with Crippen molar-refractivity contribution in [1.29, 1.82) is 0 Å². The third kappa shape index (κ3) is 6.73. The predicted octanol–water partition coefficient (Wildman–Crippen LogP) is 4.05. The Labute approximate surface area is 193 Å². The number of nitrogens with zero attached hydrogens (tertiary/aromatic N) is 2. The van der Waals surface area contributed by atoms with Gasteiger partial charge in [-0.2, -0.15) is 4.98 Å². The summed E-state index contributed by atoms with van der Waals surface area (Å²) in [4.78, 5) is 22.1. The fraction of sp³-hybridized carbons (Fsp3) is 0.240. The van der Waals surface area contributed by atoms with E-state index in [4.69, 9.17) is 4.74 Å². The Morgan fingerprint density at radius 2 is 1.79 bits per heavy atom. The maximum atomic E-state index is 13.2. The van der Waals surface area contributed by atoms with Crippen LogP contribution < -0.4 is 10.1 Å². The Bertz CT molecular complexity index is 1240. The van der Waals surface area contributed by atoms with Crippen LogP contribution in [-0.4, -0.2) is 36.6 Å². The van der Waals surface area contributed by atoms with Crippen molar-refractivity contribution < 1.29 is 17.9 Å². The van der Waals surface area contributed by atoms with E-state index in [0.29, 0.717) is 23.9 Å². The van der Waals surface area contributed by atoms with Gasteiger partial charge in [0.15, 0.2) is 9.84 Å². The number of carbonyl (C=O) groups excluding carboxylic acids is 1. The summed E-state index contributed by atoms with van der Waals surface area (Å²) < 4.78 is 29.3. The minimum Gasteiger partial charge on any atom is -0.438 e. The first kappa shape index (κ1) is 22.7. The van der Waals surface area contributed by atoms with Crippen LogP contribution in [0.2, 0.25) is 0 Å². The lowest BCUT2D eigenvalue weighted by molar-refractivity contribution is 0.0941. The normalized spacial score (nSPS) is 14.7. The lowest BCUT2D eigenvalue weighted by Crippen LogP contribution is -2.35. The Morgan fingerprint density at radius 3 is 2.42 bits per heavy atom. The van der Waals surface area contributed by atoms with Crippen LogP contribution in [-0.2, 0) is 16.3 Å². The highest BCUT2D eigenvalue weighted by Crippen LogP contribution is 2.39. The summed E-state index contributed by atoms with van der Waals surface area (Å²) in [6.45, 7) is 0. The van der Waals surface area contributed by atoms with Crippen LogP contribution in [0.3, 0.4) is 0 Å². The molecule has 1 saturated carbocycles. The van der Waals surface area contributed by atoms with E-state index in [2.05, 4.69) is 15.3 Å². The first-order chi connectivity index (χ1) is 15.9. The molecule has 7 nitrogen and oxygen atoms in total. The second-order valence-corrected chi connectivity index (χ2v) is 10.00. The molecule has 2 aromatic carbocycles. The third-order valence-electron chi connectivity index (χ3n) is 5.09. The van der Waals surface area contributed by atoms with E-state index in [-0.39, 0.29) is 11.4 Å². The van der Waals surface area contributed by atoms with E-state index in [1.807, 2.05) is 48.5 Å². The van der Waals surface area contributed by atoms with E-state index >= 15 is 0 Å². The van der Waals surface area contributed by atoms with Crippen molar-refractivity contribution in [2.24, 2.45) is 0 Å². The van der Waals surface area contributed by atoms with Crippen molar-refractivity contribution in [3.05, 3.63) is 95.3 Å². The Hall–Kier alpha value is -3.52. The van der Waals surface area contributed by atoms with E-state index in [0.717, 1.165) is 30.1 Å². The standard InChI is InChI=1S/C25H25N3O4S/c1-33(30,31)15-14-20(16-18-8-4-2-5-9-18)27-24(29)22-17-26-23(19-12-13-19)28-25(22)32-21-10-6-3-7-11-21/h2-11,14-15,17,19-20H,12-13,16H2,1H3,(H,27,29)/b15-14-/t20-/m1/s1. The zero-order chi connectivity index (χ0) is 23.3. The molecule has 0 radical (unpaired) electrons. The monoisotopic (exact) mass is 463 g/mol. The van der Waals surface area contributed by atoms with Crippen LogP contribution in [0.4, 0.5) is 0 Å². The number of rotatable bonds is 9. The van der Waals surface area contributed by atoms with Crippen molar-refractivity contribution in [2.45, 2.75) is 31.2 Å². The van der Waals surface area contributed by atoms with E-state index < -0.39 is 21.8 Å². The SMILES string of the molecule is CS(=O)(=O)/C=C\[C@H](Cc1ccccc1)NC(=O)c1cnc(C2CC2)nc1Oc1ccccc1. The fourth-order valence-electron chi connectivity index (χ4n) is 3.27. The molecule has 0 aliphatic heterocycles. The molecule has 1 amide bonds. The number of nitrogens with one attached hydrogen (secondary N) is 1. The van der Waals surface area contributed by atoms with Crippen molar-refractivity contribution in [2.75, 3.05) is 6.26 Å². The molecule has 1 fully saturated rings. The number of hydrogen-bond donors (Lipinski definition) is 1. The number of benzene rings is 2. The molecule has 1 aliphatic carbocycles. The van der Waals surface area contributed by atoms with Gasteiger partial charge < -0.3 is 10.1 Å². The summed E-state index contributed by atoms with van der Waals surface area (Å²) in [7, 11) is -3.35. The molecule has 170 valence electrons. The molecule has 4 rings (SSSR count). The Balaban J connectivity index is 1.60. The molecule has 1 heterocycles. The quantitative estimate of drug-likeness (QED) is 0.514. The molecule has 1 atom stereocenters. The van der Waals surface area contributed by atoms with Gasteiger partial charge in [-0.25, -0.2) is 13.4 Å². The molecule has 0 spiro atoms. The summed E-state index contributed by atoms with van der Waals surface area (Å²) in [5.74, 6) is 1.26. The van der Waals surface area contributed by atoms with E-state index in [1.165, 1.54) is 12.3 Å². The molecular weight excluding hydrogens is 438 g/mol. The summed E-state index contributed by atoms with van der Waals surface area (Å²) in [5, 5.41) is 4.00. The molecule has 1 aliphatic rings. The molecule has 33 heavy (non-hydrogen) atoms. The zero-order valence-corrected chi connectivity index (χ0v) is 19.0. The van der Waals surface area contributed by atoms with Crippen molar-refractivity contribution in [3.63, 3.8) is 0 Å². The van der Waals surface area contributed by atoms with Gasteiger partial charge in [-0.3, -0.25) is 4.79 Å². The number of amides is 1. The first-order valence-electron chi connectivity index (χ1n) is 10.7. The van der Waals surface area contributed by atoms with Crippen LogP contribution in [0.1, 0.15) is 40.5 Å². The second kappa shape index (κ2) is 9.95. The molecular formula is C25H25N3O4S. The maximum Gasteiger partial charge on any atom is 0.258 e. The molecule has 1 N–H and O–H groups in total. The topological polar surface area (TPSA) is 98.2 Å². The maximum absolute atomic E-state index is 13.2. The molecule has 1 aromatic heterocycles. The van der Waals surface area contributed by atoms with Crippen LogP contribution in [0.25, 0.3) is 0 Å². The Kier molecular flexibility index (Phi) is 6.84. The molecule has 0 bridgehead atoms. The van der Waals surface area contributed by atoms with Crippen LogP contribution >= 0.6 is 0 Å². The minimum atomic E-state index is -3.35. The van der Waals surface area contributed by atoms with Gasteiger partial charge in [-0.1, -0.05) is 54.6 Å². The van der Waals surface area contributed by atoms with Gasteiger partial charge in [0.2, 0.25) is 5.88 Å². The number of aromatic nitrogens is 2. The highest BCUT2D eigenvalue weighted by molar-refractivity contribution is 7.93. The highest BCUT2D eigenvalue weighted by atomic mass is 32.2.